The van der Waals surface area contributed by atoms with Crippen LogP contribution >= 0.6 is 20.2 Å². The maximum absolute atomic E-state index is 13.0. The van der Waals surface area contributed by atoms with Crippen molar-refractivity contribution in [3.8, 4) is 0 Å². The summed E-state index contributed by atoms with van der Waals surface area (Å²) in [5, 5.41) is 0.763. The van der Waals surface area contributed by atoms with E-state index >= 15 is 0 Å². The molecule has 0 aliphatic rings. The minimum absolute atomic E-state index is 0.119. The molecule has 0 radical (unpaired) electrons. The number of hydrogen-bond donors (Lipinski definition) is 0. The zero-order valence-corrected chi connectivity index (χ0v) is 18.4. The van der Waals surface area contributed by atoms with Crippen molar-refractivity contribution < 1.29 is 15.3 Å². The molecule has 0 atom stereocenters. The molecule has 148 valence electrons. The van der Waals surface area contributed by atoms with Crippen LogP contribution in [0.15, 0.2) is 99.0 Å². The first-order valence-corrected chi connectivity index (χ1v) is 13.2. The Balaban J connectivity index is 1.80. The zero-order chi connectivity index (χ0) is 20.4. The third-order valence-corrected chi connectivity index (χ3v) is 11.5. The summed E-state index contributed by atoms with van der Waals surface area (Å²) in [4.78, 5) is 11.7. The van der Waals surface area contributed by atoms with Gasteiger partial charge in [-0.3, -0.25) is 0 Å². The number of fused-ring (bicyclic) bond motifs is 1. The molecule has 3 aromatic carbocycles. The number of rotatable bonds is 5. The van der Waals surface area contributed by atoms with Crippen molar-refractivity contribution >= 4 is 41.3 Å². The van der Waals surface area contributed by atoms with E-state index in [0.717, 1.165) is 18.1 Å². The summed E-state index contributed by atoms with van der Waals surface area (Å²) in [5.74, 6) is 0. The fourth-order valence-corrected chi connectivity index (χ4v) is 9.70. The molecule has 0 fully saturated rings. The number of aryl methyl sites for hydroxylation is 1. The Morgan fingerprint density at radius 1 is 0.828 bits per heavy atom. The first-order valence-electron chi connectivity index (χ1n) is 8.73. The van der Waals surface area contributed by atoms with Crippen molar-refractivity contribution in [1.82, 2.24) is 0 Å². The number of benzene rings is 3. The minimum atomic E-state index is -3.96. The van der Waals surface area contributed by atoms with Crippen LogP contribution in [-0.2, 0) is 12.6 Å². The Hall–Kier alpha value is -2.49. The van der Waals surface area contributed by atoms with Gasteiger partial charge < -0.3 is 0 Å². The van der Waals surface area contributed by atoms with Crippen molar-refractivity contribution in [3.63, 3.8) is 0 Å². The molecule has 0 saturated carbocycles. The molecule has 29 heavy (non-hydrogen) atoms. The molecular formula is C22H17IO5S. The molecule has 0 N–H and O–H groups in total. The van der Waals surface area contributed by atoms with E-state index in [9.17, 15) is 13.2 Å². The van der Waals surface area contributed by atoms with Crippen molar-refractivity contribution in [2.45, 2.75) is 11.8 Å². The molecule has 4 rings (SSSR count). The van der Waals surface area contributed by atoms with E-state index in [2.05, 4.69) is 0 Å². The van der Waals surface area contributed by atoms with Crippen LogP contribution < -0.4 is 5.63 Å². The van der Waals surface area contributed by atoms with E-state index in [1.54, 1.807) is 36.4 Å². The van der Waals surface area contributed by atoms with Crippen LogP contribution in [0.25, 0.3) is 11.0 Å². The van der Waals surface area contributed by atoms with Gasteiger partial charge in [0.15, 0.2) is 0 Å². The first kappa shape index (κ1) is 19.8. The van der Waals surface area contributed by atoms with Gasteiger partial charge in [-0.2, -0.15) is 0 Å². The van der Waals surface area contributed by atoms with E-state index in [4.69, 9.17) is 6.93 Å². The molecule has 0 aliphatic heterocycles. The summed E-state index contributed by atoms with van der Waals surface area (Å²) < 4.78 is 38.6. The molecule has 4 aromatic rings. The van der Waals surface area contributed by atoms with Gasteiger partial charge in [-0.25, -0.2) is 0 Å². The van der Waals surface area contributed by atoms with Gasteiger partial charge in [0.05, 0.1) is 0 Å². The van der Waals surface area contributed by atoms with Crippen molar-refractivity contribution in [3.05, 3.63) is 108 Å². The third-order valence-electron chi connectivity index (χ3n) is 4.17. The maximum atomic E-state index is 13.0. The van der Waals surface area contributed by atoms with Gasteiger partial charge in [-0.15, -0.1) is 0 Å². The topological polar surface area (TPSA) is 73.6 Å². The molecule has 1 heterocycles. The van der Waals surface area contributed by atoms with E-state index in [1.165, 1.54) is 6.07 Å². The van der Waals surface area contributed by atoms with Gasteiger partial charge in [-0.1, -0.05) is 0 Å². The third kappa shape index (κ3) is 4.42. The van der Waals surface area contributed by atoms with Crippen LogP contribution in [0.4, 0.5) is 0 Å². The summed E-state index contributed by atoms with van der Waals surface area (Å²) >= 11 is -2.85. The Labute approximate surface area is 176 Å². The summed E-state index contributed by atoms with van der Waals surface area (Å²) in [7, 11) is -3.96. The summed E-state index contributed by atoms with van der Waals surface area (Å²) in [6.07, 6.45) is 0. The van der Waals surface area contributed by atoms with Gasteiger partial charge in [-0.05, 0) is 0 Å². The van der Waals surface area contributed by atoms with Gasteiger partial charge in [0, 0.05) is 0 Å². The summed E-state index contributed by atoms with van der Waals surface area (Å²) in [6.45, 7) is 1.89. The van der Waals surface area contributed by atoms with Crippen LogP contribution in [-0.4, -0.2) is 8.42 Å². The predicted octanol–water partition coefficient (Wildman–Crippen LogP) is 4.97. The van der Waals surface area contributed by atoms with E-state index in [-0.39, 0.29) is 4.90 Å². The van der Waals surface area contributed by atoms with E-state index < -0.39 is 36.0 Å². The number of halogens is 1. The van der Waals surface area contributed by atoms with Gasteiger partial charge in [0.1, 0.15) is 0 Å². The van der Waals surface area contributed by atoms with E-state index in [1.807, 2.05) is 49.4 Å². The fourth-order valence-electron chi connectivity index (χ4n) is 2.69. The van der Waals surface area contributed by atoms with Gasteiger partial charge >= 0.3 is 177 Å². The van der Waals surface area contributed by atoms with Crippen molar-refractivity contribution in [2.75, 3.05) is 0 Å². The Bertz CT molecular complexity index is 1310. The second-order valence-electron chi connectivity index (χ2n) is 6.31. The van der Waals surface area contributed by atoms with Crippen LogP contribution in [0.5, 0.6) is 0 Å². The van der Waals surface area contributed by atoms with Crippen molar-refractivity contribution in [1.29, 1.82) is 0 Å². The quantitative estimate of drug-likeness (QED) is 0.275. The monoisotopic (exact) mass is 520 g/mol. The first-order chi connectivity index (χ1) is 13.9. The van der Waals surface area contributed by atoms with Gasteiger partial charge in [0.2, 0.25) is 0 Å². The molecule has 1 aromatic heterocycles. The normalized spacial score (nSPS) is 12.1. The average molecular weight is 520 g/mol. The average Bonchev–Trinajstić information content (AvgIpc) is 2.72. The van der Waals surface area contributed by atoms with Gasteiger partial charge in [0.25, 0.3) is 0 Å². The standard InChI is InChI=1S/C22H17IO5S/c1-16-7-12-20(13-8-16)29(25,26)28-23(18-5-3-2-4-6-18)19-11-9-17-10-14-22(24)27-21(17)15-19/h2-15H,1H3. The van der Waals surface area contributed by atoms with Crippen LogP contribution in [0.3, 0.4) is 0 Å². The molecule has 0 amide bonds. The molecular weight excluding hydrogens is 503 g/mol. The second kappa shape index (κ2) is 8.10. The Morgan fingerprint density at radius 2 is 1.52 bits per heavy atom. The van der Waals surface area contributed by atoms with E-state index in [0.29, 0.717) is 5.58 Å². The molecule has 0 saturated heterocycles. The Morgan fingerprint density at radius 3 is 2.24 bits per heavy atom. The number of hydrogen-bond acceptors (Lipinski definition) is 5. The Kier molecular flexibility index (Phi) is 5.53. The summed E-state index contributed by atoms with van der Waals surface area (Å²) in [6, 6.07) is 24.2. The van der Waals surface area contributed by atoms with Crippen LogP contribution in [0.2, 0.25) is 0 Å². The fraction of sp³-hybridized carbons (Fsp3) is 0.0455. The molecule has 0 aliphatic carbocycles. The van der Waals surface area contributed by atoms with Crippen LogP contribution in [0, 0.1) is 14.1 Å². The van der Waals surface area contributed by atoms with Crippen LogP contribution in [0.1, 0.15) is 5.56 Å². The molecule has 7 heteroatoms. The molecule has 5 nitrogen and oxygen atoms in total. The second-order valence-corrected chi connectivity index (χ2v) is 12.8. The zero-order valence-electron chi connectivity index (χ0n) is 15.4. The van der Waals surface area contributed by atoms with Crippen molar-refractivity contribution in [2.24, 2.45) is 0 Å². The molecule has 0 spiro atoms. The summed E-state index contributed by atoms with van der Waals surface area (Å²) in [5.41, 5.74) is 0.916. The molecule has 0 unspecified atom stereocenters. The predicted molar refractivity (Wildman–Crippen MR) is 120 cm³/mol. The SMILES string of the molecule is Cc1ccc(S(=O)(=O)OI(c2ccccc2)c2ccc3ccc(=O)oc3c2)cc1. The molecule has 0 bridgehead atoms.